The number of carbonyl (C=O) groups is 1. The van der Waals surface area contributed by atoms with E-state index in [0.29, 0.717) is 35.7 Å². The summed E-state index contributed by atoms with van der Waals surface area (Å²) in [6.07, 6.45) is 3.11. The SMILES string of the molecule is CCCC1=NN(c2ccc(S(=O)(=O)NC(C)(C)C)cc2)C(=O)/C1=C\Nc1ccccc1OCC. The van der Waals surface area contributed by atoms with Crippen molar-refractivity contribution in [2.45, 2.75) is 57.9 Å². The zero-order chi connectivity index (χ0) is 24.9. The van der Waals surface area contributed by atoms with E-state index in [1.54, 1.807) is 39.1 Å². The standard InChI is InChI=1S/C25H32N4O4S/c1-6-10-21-20(17-26-22-11-8-9-12-23(22)33-7-2)24(30)29(27-21)18-13-15-19(16-14-18)34(31,32)28-25(3,4)5/h8-9,11-17,26,28H,6-7,10H2,1-5H3/b20-17-. The molecule has 0 bridgehead atoms. The quantitative estimate of drug-likeness (QED) is 0.504. The molecule has 0 spiro atoms. The lowest BCUT2D eigenvalue weighted by molar-refractivity contribution is -0.114. The van der Waals surface area contributed by atoms with Crippen LogP contribution in [-0.2, 0) is 14.8 Å². The van der Waals surface area contributed by atoms with Crippen LogP contribution in [0.3, 0.4) is 0 Å². The number of hydrogen-bond acceptors (Lipinski definition) is 6. The first-order valence-corrected chi connectivity index (χ1v) is 12.8. The van der Waals surface area contributed by atoms with Crippen LogP contribution in [0.15, 0.2) is 70.3 Å². The van der Waals surface area contributed by atoms with Gasteiger partial charge < -0.3 is 10.1 Å². The summed E-state index contributed by atoms with van der Waals surface area (Å²) >= 11 is 0. The maximum Gasteiger partial charge on any atom is 0.282 e. The van der Waals surface area contributed by atoms with Crippen LogP contribution in [0.25, 0.3) is 0 Å². The Balaban J connectivity index is 1.86. The Hall–Kier alpha value is -3.17. The number of anilines is 2. The molecule has 2 aromatic carbocycles. The van der Waals surface area contributed by atoms with E-state index in [2.05, 4.69) is 15.1 Å². The van der Waals surface area contributed by atoms with Gasteiger partial charge in [-0.3, -0.25) is 4.79 Å². The molecule has 0 aliphatic carbocycles. The number of carbonyl (C=O) groups excluding carboxylic acids is 1. The largest absolute Gasteiger partial charge is 0.492 e. The molecule has 0 unspecified atom stereocenters. The molecule has 1 aliphatic rings. The van der Waals surface area contributed by atoms with Crippen LogP contribution in [0, 0.1) is 0 Å². The molecule has 1 heterocycles. The Morgan fingerprint density at radius 3 is 2.35 bits per heavy atom. The first-order chi connectivity index (χ1) is 16.1. The van der Waals surface area contributed by atoms with E-state index in [4.69, 9.17) is 4.74 Å². The number of para-hydroxylation sites is 2. The Bertz CT molecular complexity index is 1200. The summed E-state index contributed by atoms with van der Waals surface area (Å²) in [5.41, 5.74) is 1.76. The fourth-order valence-corrected chi connectivity index (χ4v) is 4.86. The van der Waals surface area contributed by atoms with Gasteiger partial charge in [0.05, 0.1) is 34.2 Å². The van der Waals surface area contributed by atoms with Crippen molar-refractivity contribution in [1.82, 2.24) is 4.72 Å². The minimum atomic E-state index is -3.67. The molecule has 0 radical (unpaired) electrons. The number of amides is 1. The van der Waals surface area contributed by atoms with Gasteiger partial charge in [-0.2, -0.15) is 10.1 Å². The van der Waals surface area contributed by atoms with Crippen LogP contribution in [0.5, 0.6) is 5.75 Å². The average molecular weight is 485 g/mol. The molecular weight excluding hydrogens is 452 g/mol. The number of ether oxygens (including phenoxy) is 1. The van der Waals surface area contributed by atoms with Crippen molar-refractivity contribution in [3.8, 4) is 5.75 Å². The summed E-state index contributed by atoms with van der Waals surface area (Å²) in [5, 5.41) is 9.01. The molecule has 34 heavy (non-hydrogen) atoms. The minimum Gasteiger partial charge on any atom is -0.492 e. The van der Waals surface area contributed by atoms with Crippen molar-refractivity contribution >= 4 is 33.0 Å². The third kappa shape index (κ3) is 6.03. The van der Waals surface area contributed by atoms with Gasteiger partial charge >= 0.3 is 0 Å². The Morgan fingerprint density at radius 2 is 1.74 bits per heavy atom. The molecule has 0 saturated heterocycles. The van der Waals surface area contributed by atoms with Crippen LogP contribution < -0.4 is 19.8 Å². The Labute approximate surface area is 201 Å². The highest BCUT2D eigenvalue weighted by atomic mass is 32.2. The van der Waals surface area contributed by atoms with Gasteiger partial charge in [-0.05, 0) is 70.5 Å². The van der Waals surface area contributed by atoms with Crippen molar-refractivity contribution in [3.63, 3.8) is 0 Å². The zero-order valence-electron chi connectivity index (χ0n) is 20.3. The van der Waals surface area contributed by atoms with Gasteiger partial charge in [0.25, 0.3) is 5.91 Å². The molecular formula is C25H32N4O4S. The predicted octanol–water partition coefficient (Wildman–Crippen LogP) is 4.66. The van der Waals surface area contributed by atoms with Crippen molar-refractivity contribution in [3.05, 3.63) is 60.3 Å². The van der Waals surface area contributed by atoms with Gasteiger partial charge in [0.1, 0.15) is 5.75 Å². The summed E-state index contributed by atoms with van der Waals surface area (Å²) in [6.45, 7) is 9.80. The van der Waals surface area contributed by atoms with Crippen molar-refractivity contribution in [1.29, 1.82) is 0 Å². The van der Waals surface area contributed by atoms with E-state index in [1.165, 1.54) is 17.1 Å². The van der Waals surface area contributed by atoms with E-state index in [0.717, 1.165) is 12.1 Å². The molecule has 2 aromatic rings. The number of sulfonamides is 1. The summed E-state index contributed by atoms with van der Waals surface area (Å²) in [7, 11) is -3.67. The molecule has 8 nitrogen and oxygen atoms in total. The van der Waals surface area contributed by atoms with E-state index in [1.807, 2.05) is 38.1 Å². The number of hydrazone groups is 1. The highest BCUT2D eigenvalue weighted by Gasteiger charge is 2.31. The van der Waals surface area contributed by atoms with Crippen LogP contribution in [0.4, 0.5) is 11.4 Å². The lowest BCUT2D eigenvalue weighted by Gasteiger charge is -2.20. The maximum atomic E-state index is 13.2. The molecule has 0 saturated carbocycles. The van der Waals surface area contributed by atoms with Gasteiger partial charge in [-0.15, -0.1) is 0 Å². The highest BCUT2D eigenvalue weighted by Crippen LogP contribution is 2.28. The van der Waals surface area contributed by atoms with E-state index in [-0.39, 0.29) is 10.8 Å². The number of hydrogen-bond donors (Lipinski definition) is 2. The molecule has 1 amide bonds. The monoisotopic (exact) mass is 484 g/mol. The second kappa shape index (κ2) is 10.4. The summed E-state index contributed by atoms with van der Waals surface area (Å²) < 4.78 is 33.4. The van der Waals surface area contributed by atoms with Gasteiger partial charge in [-0.25, -0.2) is 13.1 Å². The highest BCUT2D eigenvalue weighted by molar-refractivity contribution is 7.89. The first kappa shape index (κ1) is 25.5. The van der Waals surface area contributed by atoms with Crippen LogP contribution >= 0.6 is 0 Å². The van der Waals surface area contributed by atoms with Crippen LogP contribution in [0.1, 0.15) is 47.5 Å². The first-order valence-electron chi connectivity index (χ1n) is 11.3. The van der Waals surface area contributed by atoms with Crippen molar-refractivity contribution < 1.29 is 17.9 Å². The number of benzene rings is 2. The lowest BCUT2D eigenvalue weighted by Crippen LogP contribution is -2.40. The Kier molecular flexibility index (Phi) is 7.78. The Morgan fingerprint density at radius 1 is 1.06 bits per heavy atom. The predicted molar refractivity (Wildman–Crippen MR) is 136 cm³/mol. The molecule has 0 atom stereocenters. The maximum absolute atomic E-state index is 13.2. The summed E-state index contributed by atoms with van der Waals surface area (Å²) in [6, 6.07) is 13.6. The van der Waals surface area contributed by atoms with E-state index >= 15 is 0 Å². The van der Waals surface area contributed by atoms with Gasteiger partial charge in [0.15, 0.2) is 0 Å². The van der Waals surface area contributed by atoms with E-state index in [9.17, 15) is 13.2 Å². The third-order valence-corrected chi connectivity index (χ3v) is 6.61. The van der Waals surface area contributed by atoms with Gasteiger partial charge in [-0.1, -0.05) is 25.5 Å². The van der Waals surface area contributed by atoms with Crippen molar-refractivity contribution in [2.75, 3.05) is 16.9 Å². The van der Waals surface area contributed by atoms with Crippen molar-refractivity contribution in [2.24, 2.45) is 5.10 Å². The normalized spacial score (nSPS) is 15.6. The molecule has 182 valence electrons. The molecule has 0 aromatic heterocycles. The van der Waals surface area contributed by atoms with Crippen LogP contribution in [-0.4, -0.2) is 32.2 Å². The van der Waals surface area contributed by atoms with Crippen LogP contribution in [0.2, 0.25) is 0 Å². The van der Waals surface area contributed by atoms with Gasteiger partial charge in [0.2, 0.25) is 10.0 Å². The number of nitrogens with one attached hydrogen (secondary N) is 2. The smallest absolute Gasteiger partial charge is 0.282 e. The minimum absolute atomic E-state index is 0.126. The fourth-order valence-electron chi connectivity index (χ4n) is 3.44. The fraction of sp³-hybridized carbons (Fsp3) is 0.360. The van der Waals surface area contributed by atoms with E-state index < -0.39 is 15.6 Å². The number of nitrogens with zero attached hydrogens (tertiary/aromatic N) is 2. The lowest BCUT2D eigenvalue weighted by atomic mass is 10.1. The molecule has 3 rings (SSSR count). The third-order valence-electron chi connectivity index (χ3n) is 4.83. The molecule has 9 heteroatoms. The zero-order valence-corrected chi connectivity index (χ0v) is 21.1. The second-order valence-corrected chi connectivity index (χ2v) is 10.6. The second-order valence-electron chi connectivity index (χ2n) is 8.89. The molecule has 2 N–H and O–H groups in total. The molecule has 0 fully saturated rings. The topological polar surface area (TPSA) is 100 Å². The molecule has 1 aliphatic heterocycles. The van der Waals surface area contributed by atoms with Gasteiger partial charge in [0, 0.05) is 11.7 Å². The summed E-state index contributed by atoms with van der Waals surface area (Å²) in [5.74, 6) is 0.409. The average Bonchev–Trinajstić information content (AvgIpc) is 3.07. The summed E-state index contributed by atoms with van der Waals surface area (Å²) in [4.78, 5) is 13.4. The number of rotatable bonds is 9.